The van der Waals surface area contributed by atoms with E-state index >= 15 is 0 Å². The van der Waals surface area contributed by atoms with E-state index in [0.717, 1.165) is 38.5 Å². The first kappa shape index (κ1) is 56.1. The molecule has 8 nitrogen and oxygen atoms in total. The minimum Gasteiger partial charge on any atom is -0.544 e. The normalized spacial score (nSPS) is 12.9. The van der Waals surface area contributed by atoms with Crippen LogP contribution in [0.2, 0.25) is 0 Å². The molecule has 0 fully saturated rings. The second-order valence-corrected chi connectivity index (χ2v) is 18.1. The summed E-state index contributed by atoms with van der Waals surface area (Å²) in [4.78, 5) is 37.0. The van der Waals surface area contributed by atoms with E-state index in [0.29, 0.717) is 12.8 Å². The summed E-state index contributed by atoms with van der Waals surface area (Å²) in [6, 6.07) is -0.722. The van der Waals surface area contributed by atoms with E-state index in [1.165, 1.54) is 167 Å². The monoisotopic (exact) mass is 822 g/mol. The van der Waals surface area contributed by atoms with E-state index in [1.54, 1.807) is 21.1 Å². The van der Waals surface area contributed by atoms with Crippen LogP contribution in [-0.2, 0) is 28.6 Å². The molecular formula is C50H95NO7. The summed E-state index contributed by atoms with van der Waals surface area (Å²) in [6.45, 7) is 4.69. The molecule has 0 heterocycles. The Balaban J connectivity index is 4.25. The predicted octanol–water partition coefficient (Wildman–Crippen LogP) is 12.5. The van der Waals surface area contributed by atoms with Gasteiger partial charge in [-0.15, -0.1) is 0 Å². The zero-order valence-corrected chi connectivity index (χ0v) is 39.0. The summed E-state index contributed by atoms with van der Waals surface area (Å²) in [5.41, 5.74) is 0. The van der Waals surface area contributed by atoms with Gasteiger partial charge in [-0.3, -0.25) is 9.59 Å². The smallest absolute Gasteiger partial charge is 0.306 e. The van der Waals surface area contributed by atoms with Gasteiger partial charge >= 0.3 is 11.9 Å². The largest absolute Gasteiger partial charge is 0.544 e. The fraction of sp³-hybridized carbons (Fsp3) is 0.900. The molecule has 0 saturated carbocycles. The molecule has 2 atom stereocenters. The number of carboxylic acid groups (broad SMARTS) is 1. The maximum atomic E-state index is 12.8. The van der Waals surface area contributed by atoms with E-state index < -0.39 is 18.1 Å². The van der Waals surface area contributed by atoms with Gasteiger partial charge in [-0.25, -0.2) is 0 Å². The lowest BCUT2D eigenvalue weighted by Gasteiger charge is -2.34. The number of carbonyl (C=O) groups is 3. The molecule has 0 saturated heterocycles. The third-order valence-corrected chi connectivity index (χ3v) is 11.4. The van der Waals surface area contributed by atoms with Crippen LogP contribution in [0.15, 0.2) is 12.2 Å². The van der Waals surface area contributed by atoms with Crippen molar-refractivity contribution in [2.75, 3.05) is 41.0 Å². The van der Waals surface area contributed by atoms with Gasteiger partial charge in [0, 0.05) is 19.3 Å². The number of hydrogen-bond acceptors (Lipinski definition) is 7. The highest BCUT2D eigenvalue weighted by molar-refractivity contribution is 5.70. The molecule has 0 aromatic carbocycles. The molecule has 2 unspecified atom stereocenters. The number of carbonyl (C=O) groups excluding carboxylic acids is 3. The van der Waals surface area contributed by atoms with E-state index in [1.807, 2.05) is 0 Å². The number of nitrogens with zero attached hydrogens (tertiary/aromatic N) is 1. The van der Waals surface area contributed by atoms with Crippen LogP contribution in [0.5, 0.6) is 0 Å². The van der Waals surface area contributed by atoms with Gasteiger partial charge in [0.15, 0.2) is 6.10 Å². The fourth-order valence-electron chi connectivity index (χ4n) is 7.54. The topological polar surface area (TPSA) is 102 Å². The summed E-state index contributed by atoms with van der Waals surface area (Å²) < 4.78 is 17.2. The van der Waals surface area contributed by atoms with Crippen molar-refractivity contribution in [1.29, 1.82) is 0 Å². The van der Waals surface area contributed by atoms with E-state index in [9.17, 15) is 19.5 Å². The number of ether oxygens (including phenoxy) is 3. The number of esters is 2. The third kappa shape index (κ3) is 39.5. The number of unbranched alkanes of at least 4 members (excludes halogenated alkanes) is 29. The molecule has 0 rings (SSSR count). The predicted molar refractivity (Wildman–Crippen MR) is 241 cm³/mol. The number of likely N-dealkylation sites (N-methyl/N-ethyl adjacent to an activating group) is 1. The minimum atomic E-state index is -1.12. The average molecular weight is 822 g/mol. The van der Waals surface area contributed by atoms with Crippen LogP contribution in [0, 0.1) is 0 Å². The van der Waals surface area contributed by atoms with Crippen LogP contribution >= 0.6 is 0 Å². The quantitative estimate of drug-likeness (QED) is 0.0261. The first-order valence-corrected chi connectivity index (χ1v) is 24.7. The first-order chi connectivity index (χ1) is 28.1. The van der Waals surface area contributed by atoms with Crippen LogP contribution in [-0.4, -0.2) is 75.5 Å². The van der Waals surface area contributed by atoms with Gasteiger partial charge in [0.1, 0.15) is 12.6 Å². The molecule has 0 aliphatic rings. The van der Waals surface area contributed by atoms with Crippen molar-refractivity contribution < 1.29 is 38.2 Å². The molecule has 0 bridgehead atoms. The number of quaternary nitrogens is 1. The highest BCUT2D eigenvalue weighted by Gasteiger charge is 2.25. The Bertz CT molecular complexity index is 962. The number of hydrogen-bond donors (Lipinski definition) is 0. The SMILES string of the molecule is CCCCCCCC/C=C\CCCCCCCCCC(=O)OC(COCCC(C(=O)[O-])[N+](C)(C)C)COC(=O)CCCCCCCCCCCCCCCCCCC. The standard InChI is InChI=1S/C50H95NO7/c1-6-8-10-12-14-16-18-20-22-24-26-28-30-32-34-36-38-40-48(52)57-45-46(44-56-43-42-47(50(54)55)51(3,4)5)58-49(53)41-39-37-35-33-31-29-27-25-23-21-19-17-15-13-11-9-7-2/h21,23,46-47H,6-20,22,24-45H2,1-5H3/b23-21-. The van der Waals surface area contributed by atoms with Gasteiger partial charge in [-0.1, -0.05) is 193 Å². The zero-order chi connectivity index (χ0) is 42.8. The third-order valence-electron chi connectivity index (χ3n) is 11.4. The summed E-state index contributed by atoms with van der Waals surface area (Å²) in [6.07, 6.45) is 45.2. The fourth-order valence-corrected chi connectivity index (χ4v) is 7.54. The maximum absolute atomic E-state index is 12.8. The summed E-state index contributed by atoms with van der Waals surface area (Å²) >= 11 is 0. The number of rotatable bonds is 45. The van der Waals surface area contributed by atoms with Crippen molar-refractivity contribution in [2.24, 2.45) is 0 Å². The van der Waals surface area contributed by atoms with Crippen LogP contribution in [0.1, 0.15) is 239 Å². The van der Waals surface area contributed by atoms with Gasteiger partial charge < -0.3 is 28.6 Å². The lowest BCUT2D eigenvalue weighted by atomic mass is 10.0. The summed E-state index contributed by atoms with van der Waals surface area (Å²) in [5.74, 6) is -1.72. The molecule has 0 aromatic rings. The second kappa shape index (κ2) is 41.8. The van der Waals surface area contributed by atoms with Crippen molar-refractivity contribution in [1.82, 2.24) is 0 Å². The van der Waals surface area contributed by atoms with Gasteiger partial charge in [-0.2, -0.15) is 0 Å². The Morgan fingerprint density at radius 3 is 1.24 bits per heavy atom. The second-order valence-electron chi connectivity index (χ2n) is 18.1. The van der Waals surface area contributed by atoms with Crippen LogP contribution in [0.3, 0.4) is 0 Å². The highest BCUT2D eigenvalue weighted by Crippen LogP contribution is 2.16. The Kier molecular flexibility index (Phi) is 40.4. The molecule has 0 aromatic heterocycles. The van der Waals surface area contributed by atoms with Gasteiger partial charge in [0.2, 0.25) is 0 Å². The Labute approximate surface area is 359 Å². The van der Waals surface area contributed by atoms with Crippen LogP contribution in [0.4, 0.5) is 0 Å². The average Bonchev–Trinajstić information content (AvgIpc) is 3.18. The van der Waals surface area contributed by atoms with Gasteiger partial charge in [0.05, 0.1) is 40.3 Å². The maximum Gasteiger partial charge on any atom is 0.306 e. The lowest BCUT2D eigenvalue weighted by Crippen LogP contribution is -2.55. The lowest BCUT2D eigenvalue weighted by molar-refractivity contribution is -0.889. The van der Waals surface area contributed by atoms with Crippen molar-refractivity contribution in [2.45, 2.75) is 251 Å². The Morgan fingerprint density at radius 1 is 0.500 bits per heavy atom. The summed E-state index contributed by atoms with van der Waals surface area (Å²) in [7, 11) is 5.42. The number of aliphatic carboxylic acids is 1. The van der Waals surface area contributed by atoms with Gasteiger partial charge in [0.25, 0.3) is 0 Å². The van der Waals surface area contributed by atoms with Crippen LogP contribution < -0.4 is 5.11 Å². The Morgan fingerprint density at radius 2 is 0.862 bits per heavy atom. The Hall–Kier alpha value is -1.93. The molecule has 0 aliphatic heterocycles. The molecule has 8 heteroatoms. The van der Waals surface area contributed by atoms with Crippen LogP contribution in [0.25, 0.3) is 0 Å². The van der Waals surface area contributed by atoms with Crippen molar-refractivity contribution in [3.63, 3.8) is 0 Å². The molecule has 0 radical (unpaired) electrons. The molecule has 0 aliphatic carbocycles. The number of carboxylic acids is 1. The molecule has 342 valence electrons. The minimum absolute atomic E-state index is 0.0449. The molecule has 0 N–H and O–H groups in total. The van der Waals surface area contributed by atoms with Crippen molar-refractivity contribution in [3.05, 3.63) is 12.2 Å². The van der Waals surface area contributed by atoms with Crippen molar-refractivity contribution >= 4 is 17.9 Å². The van der Waals surface area contributed by atoms with E-state index in [4.69, 9.17) is 14.2 Å². The van der Waals surface area contributed by atoms with E-state index in [2.05, 4.69) is 26.0 Å². The van der Waals surface area contributed by atoms with Crippen molar-refractivity contribution in [3.8, 4) is 0 Å². The highest BCUT2D eigenvalue weighted by atomic mass is 16.6. The van der Waals surface area contributed by atoms with E-state index in [-0.39, 0.29) is 42.7 Å². The summed E-state index contributed by atoms with van der Waals surface area (Å²) in [5, 5.41) is 11.6. The molecular weight excluding hydrogens is 727 g/mol. The van der Waals surface area contributed by atoms with Gasteiger partial charge in [-0.05, 0) is 38.5 Å². The molecule has 0 spiro atoms. The zero-order valence-electron chi connectivity index (χ0n) is 39.0. The number of allylic oxidation sites excluding steroid dienone is 2. The molecule has 0 amide bonds. The first-order valence-electron chi connectivity index (χ1n) is 24.7. The molecule has 58 heavy (non-hydrogen) atoms.